The molecule has 0 fully saturated rings. The maximum absolute atomic E-state index is 12.7. The SMILES string of the molecule is CC(CN)CCC(=O)NCc1ccccc1C(F)(F)F. The number of carbonyl (C=O) groups excluding carboxylic acids is 1. The highest BCUT2D eigenvalue weighted by atomic mass is 19.4. The van der Waals surface area contributed by atoms with Gasteiger partial charge in [-0.25, -0.2) is 0 Å². The summed E-state index contributed by atoms with van der Waals surface area (Å²) in [6, 6.07) is 5.23. The topological polar surface area (TPSA) is 55.1 Å². The molecule has 1 atom stereocenters. The lowest BCUT2D eigenvalue weighted by Crippen LogP contribution is -2.25. The highest BCUT2D eigenvalue weighted by molar-refractivity contribution is 5.75. The normalized spacial score (nSPS) is 13.1. The Hall–Kier alpha value is -1.56. The highest BCUT2D eigenvalue weighted by Crippen LogP contribution is 2.31. The van der Waals surface area contributed by atoms with E-state index in [2.05, 4.69) is 5.32 Å². The lowest BCUT2D eigenvalue weighted by atomic mass is 10.1. The fraction of sp³-hybridized carbons (Fsp3) is 0.500. The molecule has 0 saturated heterocycles. The van der Waals surface area contributed by atoms with Gasteiger partial charge >= 0.3 is 6.18 Å². The van der Waals surface area contributed by atoms with Crippen LogP contribution in [0.2, 0.25) is 0 Å². The summed E-state index contributed by atoms with van der Waals surface area (Å²) in [7, 11) is 0. The summed E-state index contributed by atoms with van der Waals surface area (Å²) in [4.78, 5) is 11.6. The van der Waals surface area contributed by atoms with Crippen molar-refractivity contribution in [2.75, 3.05) is 6.54 Å². The number of rotatable bonds is 6. The summed E-state index contributed by atoms with van der Waals surface area (Å²) in [5.74, 6) is -0.0366. The van der Waals surface area contributed by atoms with Crippen LogP contribution in [0.1, 0.15) is 30.9 Å². The maximum Gasteiger partial charge on any atom is 0.416 e. The van der Waals surface area contributed by atoms with Gasteiger partial charge in [0.15, 0.2) is 0 Å². The molecule has 3 N–H and O–H groups in total. The molecule has 1 aromatic rings. The Balaban J connectivity index is 2.56. The molecule has 1 aromatic carbocycles. The van der Waals surface area contributed by atoms with Crippen molar-refractivity contribution in [3.8, 4) is 0 Å². The third kappa shape index (κ3) is 5.21. The van der Waals surface area contributed by atoms with E-state index in [4.69, 9.17) is 5.73 Å². The van der Waals surface area contributed by atoms with Crippen molar-refractivity contribution in [1.82, 2.24) is 5.32 Å². The van der Waals surface area contributed by atoms with Crippen LogP contribution in [0.5, 0.6) is 0 Å². The predicted octanol–water partition coefficient (Wildman–Crippen LogP) is 2.70. The molecule has 3 nitrogen and oxygen atoms in total. The smallest absolute Gasteiger partial charge is 0.352 e. The highest BCUT2D eigenvalue weighted by Gasteiger charge is 2.32. The maximum atomic E-state index is 12.7. The Labute approximate surface area is 116 Å². The molecule has 112 valence electrons. The summed E-state index contributed by atoms with van der Waals surface area (Å²) < 4.78 is 38.2. The molecule has 0 aliphatic rings. The zero-order valence-corrected chi connectivity index (χ0v) is 11.3. The van der Waals surface area contributed by atoms with E-state index < -0.39 is 11.7 Å². The van der Waals surface area contributed by atoms with Gasteiger partial charge in [0.1, 0.15) is 0 Å². The first kappa shape index (κ1) is 16.5. The van der Waals surface area contributed by atoms with Crippen LogP contribution in [0.25, 0.3) is 0 Å². The quantitative estimate of drug-likeness (QED) is 0.845. The van der Waals surface area contributed by atoms with E-state index in [0.29, 0.717) is 13.0 Å². The van der Waals surface area contributed by atoms with Crippen molar-refractivity contribution < 1.29 is 18.0 Å². The van der Waals surface area contributed by atoms with Crippen LogP contribution in [-0.2, 0) is 17.5 Å². The Bertz CT molecular complexity index is 446. The van der Waals surface area contributed by atoms with E-state index in [0.717, 1.165) is 6.07 Å². The van der Waals surface area contributed by atoms with Crippen molar-refractivity contribution in [3.63, 3.8) is 0 Å². The summed E-state index contributed by atoms with van der Waals surface area (Å²) in [5.41, 5.74) is 4.79. The monoisotopic (exact) mass is 288 g/mol. The standard InChI is InChI=1S/C14H19F3N2O/c1-10(8-18)6-7-13(20)19-9-11-4-2-3-5-12(11)14(15,16)17/h2-5,10H,6-9,18H2,1H3,(H,19,20). The van der Waals surface area contributed by atoms with Gasteiger partial charge in [-0.2, -0.15) is 13.2 Å². The van der Waals surface area contributed by atoms with E-state index >= 15 is 0 Å². The van der Waals surface area contributed by atoms with Crippen molar-refractivity contribution >= 4 is 5.91 Å². The fourth-order valence-corrected chi connectivity index (χ4v) is 1.73. The zero-order chi connectivity index (χ0) is 15.2. The number of hydrogen-bond acceptors (Lipinski definition) is 2. The van der Waals surface area contributed by atoms with Crippen molar-refractivity contribution in [2.45, 2.75) is 32.5 Å². The lowest BCUT2D eigenvalue weighted by Gasteiger charge is -2.13. The Kier molecular flexibility index (Phi) is 6.01. The zero-order valence-electron chi connectivity index (χ0n) is 11.3. The largest absolute Gasteiger partial charge is 0.416 e. The van der Waals surface area contributed by atoms with Crippen molar-refractivity contribution in [3.05, 3.63) is 35.4 Å². The lowest BCUT2D eigenvalue weighted by molar-refractivity contribution is -0.138. The first-order chi connectivity index (χ1) is 9.34. The molecule has 20 heavy (non-hydrogen) atoms. The van der Waals surface area contributed by atoms with E-state index in [-0.39, 0.29) is 30.4 Å². The number of benzene rings is 1. The molecule has 0 spiro atoms. The number of nitrogens with two attached hydrogens (primary N) is 1. The molecule has 0 saturated carbocycles. The minimum atomic E-state index is -4.41. The van der Waals surface area contributed by atoms with Gasteiger partial charge in [0.05, 0.1) is 5.56 Å². The van der Waals surface area contributed by atoms with E-state index in [1.165, 1.54) is 18.2 Å². The van der Waals surface area contributed by atoms with Crippen LogP contribution in [0.3, 0.4) is 0 Å². The van der Waals surface area contributed by atoms with Gasteiger partial charge in [0.25, 0.3) is 0 Å². The minimum absolute atomic E-state index is 0.0697. The fourth-order valence-electron chi connectivity index (χ4n) is 1.73. The molecule has 0 heterocycles. The average Bonchev–Trinajstić information content (AvgIpc) is 2.41. The van der Waals surface area contributed by atoms with Gasteiger partial charge in [-0.1, -0.05) is 25.1 Å². The Morgan fingerprint density at radius 2 is 2.00 bits per heavy atom. The summed E-state index contributed by atoms with van der Waals surface area (Å²) in [6.45, 7) is 2.29. The van der Waals surface area contributed by atoms with Crippen LogP contribution >= 0.6 is 0 Å². The van der Waals surface area contributed by atoms with E-state index in [1.807, 2.05) is 6.92 Å². The minimum Gasteiger partial charge on any atom is -0.352 e. The third-order valence-electron chi connectivity index (χ3n) is 3.07. The van der Waals surface area contributed by atoms with Crippen molar-refractivity contribution in [2.24, 2.45) is 11.7 Å². The number of carbonyl (C=O) groups is 1. The van der Waals surface area contributed by atoms with Gasteiger partial charge in [0, 0.05) is 13.0 Å². The predicted molar refractivity (Wildman–Crippen MR) is 70.7 cm³/mol. The second-order valence-electron chi connectivity index (χ2n) is 4.81. The van der Waals surface area contributed by atoms with Crippen LogP contribution in [0.15, 0.2) is 24.3 Å². The summed E-state index contributed by atoms with van der Waals surface area (Å²) in [6.07, 6.45) is -3.51. The first-order valence-corrected chi connectivity index (χ1v) is 6.46. The Morgan fingerprint density at radius 3 is 2.60 bits per heavy atom. The number of nitrogens with one attached hydrogen (secondary N) is 1. The summed E-state index contributed by atoms with van der Waals surface area (Å²) >= 11 is 0. The molecule has 1 rings (SSSR count). The molecule has 0 radical (unpaired) electrons. The molecule has 6 heteroatoms. The van der Waals surface area contributed by atoms with Gasteiger partial charge in [0.2, 0.25) is 5.91 Å². The van der Waals surface area contributed by atoms with E-state index in [9.17, 15) is 18.0 Å². The number of alkyl halides is 3. The molecular formula is C14H19F3N2O. The van der Waals surface area contributed by atoms with Gasteiger partial charge in [-0.15, -0.1) is 0 Å². The summed E-state index contributed by atoms with van der Waals surface area (Å²) in [5, 5.41) is 2.51. The number of hydrogen-bond donors (Lipinski definition) is 2. The molecule has 0 bridgehead atoms. The van der Waals surface area contributed by atoms with E-state index in [1.54, 1.807) is 0 Å². The molecule has 0 aromatic heterocycles. The number of halogens is 3. The third-order valence-corrected chi connectivity index (χ3v) is 3.07. The molecule has 0 aliphatic heterocycles. The van der Waals surface area contributed by atoms with Gasteiger partial charge in [-0.05, 0) is 30.5 Å². The molecule has 1 amide bonds. The van der Waals surface area contributed by atoms with Crippen LogP contribution in [0, 0.1) is 5.92 Å². The number of amides is 1. The second-order valence-corrected chi connectivity index (χ2v) is 4.81. The van der Waals surface area contributed by atoms with Crippen LogP contribution in [0.4, 0.5) is 13.2 Å². The Morgan fingerprint density at radius 1 is 1.35 bits per heavy atom. The van der Waals surface area contributed by atoms with Gasteiger partial charge in [-0.3, -0.25) is 4.79 Å². The van der Waals surface area contributed by atoms with Crippen molar-refractivity contribution in [1.29, 1.82) is 0 Å². The molecular weight excluding hydrogens is 269 g/mol. The average molecular weight is 288 g/mol. The first-order valence-electron chi connectivity index (χ1n) is 6.46. The molecule has 1 unspecified atom stereocenters. The molecule has 0 aliphatic carbocycles. The van der Waals surface area contributed by atoms with Crippen LogP contribution < -0.4 is 11.1 Å². The second kappa shape index (κ2) is 7.28. The van der Waals surface area contributed by atoms with Gasteiger partial charge < -0.3 is 11.1 Å². The van der Waals surface area contributed by atoms with Crippen LogP contribution in [-0.4, -0.2) is 12.5 Å².